The van der Waals surface area contributed by atoms with E-state index in [0.29, 0.717) is 37.7 Å². The monoisotopic (exact) mass is 394 g/mol. The van der Waals surface area contributed by atoms with Gasteiger partial charge in [-0.05, 0) is 49.7 Å². The molecular formula is C21H23FN6O. The molecule has 0 N–H and O–H groups in total. The van der Waals surface area contributed by atoms with Crippen molar-refractivity contribution in [1.29, 1.82) is 0 Å². The Labute approximate surface area is 168 Å². The molecule has 0 atom stereocenters. The van der Waals surface area contributed by atoms with Gasteiger partial charge in [-0.25, -0.2) is 14.4 Å². The molecule has 1 saturated heterocycles. The highest BCUT2D eigenvalue weighted by atomic mass is 19.1. The van der Waals surface area contributed by atoms with Gasteiger partial charge in [0.15, 0.2) is 0 Å². The minimum absolute atomic E-state index is 0.0340. The first-order chi connectivity index (χ1) is 14.0. The lowest BCUT2D eigenvalue weighted by molar-refractivity contribution is -0.132. The Hall–Kier alpha value is -3.29. The van der Waals surface area contributed by atoms with Gasteiger partial charge in [-0.15, -0.1) is 0 Å². The zero-order valence-electron chi connectivity index (χ0n) is 16.5. The maximum Gasteiger partial charge on any atom is 0.244 e. The Kier molecular flexibility index (Phi) is 5.24. The fourth-order valence-corrected chi connectivity index (χ4v) is 3.45. The molecule has 3 aromatic rings. The topological polar surface area (TPSA) is 67.2 Å². The molecule has 0 unspecified atom stereocenters. The fraction of sp³-hybridized carbons (Fsp3) is 0.333. The number of aryl methyl sites for hydroxylation is 2. The number of carbonyl (C=O) groups is 1. The van der Waals surface area contributed by atoms with E-state index in [1.165, 1.54) is 6.07 Å². The molecule has 1 amide bonds. The van der Waals surface area contributed by atoms with Crippen LogP contribution in [0.5, 0.6) is 0 Å². The number of rotatable bonds is 4. The number of hydrogen-bond donors (Lipinski definition) is 0. The summed E-state index contributed by atoms with van der Waals surface area (Å²) in [6.45, 7) is 6.50. The van der Waals surface area contributed by atoms with Crippen molar-refractivity contribution in [2.75, 3.05) is 31.1 Å². The van der Waals surface area contributed by atoms with Crippen LogP contribution in [0, 0.1) is 19.7 Å². The predicted molar refractivity (Wildman–Crippen MR) is 108 cm³/mol. The van der Waals surface area contributed by atoms with Crippen LogP contribution in [0.25, 0.3) is 11.3 Å². The third-order valence-electron chi connectivity index (χ3n) is 5.19. The van der Waals surface area contributed by atoms with Gasteiger partial charge in [0.05, 0.1) is 5.69 Å². The van der Waals surface area contributed by atoms with Crippen molar-refractivity contribution in [3.63, 3.8) is 0 Å². The standard InChI is InChI=1S/C21H23FN6O/c1-15-12-17(4-5-18(15)22)19-13-16(2)28(25-19)14-20(29)26-8-10-27(11-9-26)21-23-6-3-7-24-21/h3-7,12-13H,8-11,14H2,1-2H3. The van der Waals surface area contributed by atoms with Crippen molar-refractivity contribution in [3.8, 4) is 11.3 Å². The Morgan fingerprint density at radius 1 is 1.07 bits per heavy atom. The number of piperazine rings is 1. The van der Waals surface area contributed by atoms with E-state index in [1.807, 2.05) is 17.9 Å². The summed E-state index contributed by atoms with van der Waals surface area (Å²) in [6.07, 6.45) is 3.45. The molecule has 0 saturated carbocycles. The van der Waals surface area contributed by atoms with Gasteiger partial charge in [-0.3, -0.25) is 9.48 Å². The molecule has 2 aromatic heterocycles. The molecule has 0 bridgehead atoms. The predicted octanol–water partition coefficient (Wildman–Crippen LogP) is 2.44. The first kappa shape index (κ1) is 19.0. The zero-order valence-corrected chi connectivity index (χ0v) is 16.5. The number of aromatic nitrogens is 4. The van der Waals surface area contributed by atoms with Crippen LogP contribution in [0.1, 0.15) is 11.3 Å². The summed E-state index contributed by atoms with van der Waals surface area (Å²) in [5.41, 5.74) is 3.05. The largest absolute Gasteiger partial charge is 0.338 e. The molecule has 1 aliphatic heterocycles. The highest BCUT2D eigenvalue weighted by Crippen LogP contribution is 2.22. The smallest absolute Gasteiger partial charge is 0.244 e. The molecule has 1 fully saturated rings. The number of amides is 1. The molecule has 0 spiro atoms. The second-order valence-electron chi connectivity index (χ2n) is 7.21. The molecule has 0 aliphatic carbocycles. The summed E-state index contributed by atoms with van der Waals surface area (Å²) >= 11 is 0. The fourth-order valence-electron chi connectivity index (χ4n) is 3.45. The quantitative estimate of drug-likeness (QED) is 0.680. The Balaban J connectivity index is 1.40. The van der Waals surface area contributed by atoms with Gasteiger partial charge in [-0.2, -0.15) is 5.10 Å². The molecule has 0 radical (unpaired) electrons. The summed E-state index contributed by atoms with van der Waals surface area (Å²) in [5.74, 6) is 0.494. The van der Waals surface area contributed by atoms with E-state index in [9.17, 15) is 9.18 Å². The zero-order chi connectivity index (χ0) is 20.4. The summed E-state index contributed by atoms with van der Waals surface area (Å²) in [5, 5.41) is 4.56. The maximum absolute atomic E-state index is 13.5. The van der Waals surface area contributed by atoms with Crippen molar-refractivity contribution >= 4 is 11.9 Å². The van der Waals surface area contributed by atoms with Crippen LogP contribution in [-0.2, 0) is 11.3 Å². The third-order valence-corrected chi connectivity index (χ3v) is 5.19. The molecule has 150 valence electrons. The summed E-state index contributed by atoms with van der Waals surface area (Å²) < 4.78 is 15.2. The number of nitrogens with zero attached hydrogens (tertiary/aromatic N) is 6. The lowest BCUT2D eigenvalue weighted by atomic mass is 10.1. The molecule has 1 aromatic carbocycles. The van der Waals surface area contributed by atoms with Crippen LogP contribution in [0.2, 0.25) is 0 Å². The number of benzene rings is 1. The van der Waals surface area contributed by atoms with Crippen molar-refractivity contribution in [3.05, 3.63) is 59.8 Å². The number of anilines is 1. The molecule has 3 heterocycles. The summed E-state index contributed by atoms with van der Waals surface area (Å²) in [7, 11) is 0. The van der Waals surface area contributed by atoms with Gasteiger partial charge < -0.3 is 9.80 Å². The minimum Gasteiger partial charge on any atom is -0.338 e. The summed E-state index contributed by atoms with van der Waals surface area (Å²) in [6, 6.07) is 8.64. The minimum atomic E-state index is -0.236. The van der Waals surface area contributed by atoms with Crippen LogP contribution < -0.4 is 4.90 Å². The van der Waals surface area contributed by atoms with E-state index in [4.69, 9.17) is 0 Å². The van der Waals surface area contributed by atoms with Crippen molar-refractivity contribution in [2.45, 2.75) is 20.4 Å². The van der Waals surface area contributed by atoms with Gasteiger partial charge in [-0.1, -0.05) is 0 Å². The average Bonchev–Trinajstić information content (AvgIpc) is 3.11. The molecule has 4 rings (SSSR count). The van der Waals surface area contributed by atoms with E-state index < -0.39 is 0 Å². The normalized spacial score (nSPS) is 14.3. The first-order valence-corrected chi connectivity index (χ1v) is 9.62. The Bertz CT molecular complexity index is 1010. The van der Waals surface area contributed by atoms with Crippen LogP contribution in [0.3, 0.4) is 0 Å². The van der Waals surface area contributed by atoms with E-state index in [0.717, 1.165) is 17.0 Å². The van der Waals surface area contributed by atoms with Crippen LogP contribution in [-0.4, -0.2) is 56.7 Å². The summed E-state index contributed by atoms with van der Waals surface area (Å²) in [4.78, 5) is 25.2. The number of halogens is 1. The molecular weight excluding hydrogens is 371 g/mol. The van der Waals surface area contributed by atoms with E-state index in [1.54, 1.807) is 42.2 Å². The molecule has 8 heteroatoms. The van der Waals surface area contributed by atoms with Crippen molar-refractivity contribution in [1.82, 2.24) is 24.6 Å². The van der Waals surface area contributed by atoms with Crippen molar-refractivity contribution < 1.29 is 9.18 Å². The SMILES string of the molecule is Cc1cc(-c2cc(C)n(CC(=O)N3CCN(c4ncccn4)CC3)n2)ccc1F. The van der Waals surface area contributed by atoms with Crippen LogP contribution in [0.15, 0.2) is 42.7 Å². The Morgan fingerprint density at radius 2 is 1.79 bits per heavy atom. The van der Waals surface area contributed by atoms with Crippen molar-refractivity contribution in [2.24, 2.45) is 0 Å². The van der Waals surface area contributed by atoms with Crippen LogP contribution >= 0.6 is 0 Å². The molecule has 29 heavy (non-hydrogen) atoms. The lowest BCUT2D eigenvalue weighted by Gasteiger charge is -2.34. The van der Waals surface area contributed by atoms with Crippen LogP contribution in [0.4, 0.5) is 10.3 Å². The second kappa shape index (κ2) is 7.98. The highest BCUT2D eigenvalue weighted by molar-refractivity contribution is 5.76. The molecule has 1 aliphatic rings. The highest BCUT2D eigenvalue weighted by Gasteiger charge is 2.23. The van der Waals surface area contributed by atoms with Gasteiger partial charge in [0.25, 0.3) is 0 Å². The third kappa shape index (κ3) is 4.11. The van der Waals surface area contributed by atoms with Gasteiger partial charge >= 0.3 is 0 Å². The Morgan fingerprint density at radius 3 is 2.48 bits per heavy atom. The average molecular weight is 394 g/mol. The lowest BCUT2D eigenvalue weighted by Crippen LogP contribution is -2.50. The van der Waals surface area contributed by atoms with E-state index >= 15 is 0 Å². The van der Waals surface area contributed by atoms with E-state index in [2.05, 4.69) is 20.0 Å². The van der Waals surface area contributed by atoms with Gasteiger partial charge in [0.2, 0.25) is 11.9 Å². The number of hydrogen-bond acceptors (Lipinski definition) is 5. The first-order valence-electron chi connectivity index (χ1n) is 9.62. The number of carbonyl (C=O) groups excluding carboxylic acids is 1. The van der Waals surface area contributed by atoms with E-state index in [-0.39, 0.29) is 18.3 Å². The molecule has 7 nitrogen and oxygen atoms in total. The second-order valence-corrected chi connectivity index (χ2v) is 7.21. The maximum atomic E-state index is 13.5. The van der Waals surface area contributed by atoms with Gasteiger partial charge in [0.1, 0.15) is 12.4 Å². The van der Waals surface area contributed by atoms with Gasteiger partial charge in [0, 0.05) is 49.8 Å².